The van der Waals surface area contributed by atoms with Gasteiger partial charge in [-0.3, -0.25) is 0 Å². The molecule has 0 unspecified atom stereocenters. The lowest BCUT2D eigenvalue weighted by Crippen LogP contribution is -2.24. The third kappa shape index (κ3) is 4.42. The number of hydrogen-bond acceptors (Lipinski definition) is 2. The molecular weight excluding hydrogens is 344 g/mol. The molecule has 0 aliphatic carbocycles. The van der Waals surface area contributed by atoms with Gasteiger partial charge in [-0.25, -0.2) is 13.1 Å². The Kier molecular flexibility index (Phi) is 5.59. The Labute approximate surface area is 155 Å². The molecule has 1 aromatic heterocycles. The highest BCUT2D eigenvalue weighted by molar-refractivity contribution is 7.89. The molecule has 136 valence electrons. The minimum absolute atomic E-state index is 0.261. The van der Waals surface area contributed by atoms with Crippen molar-refractivity contribution in [1.82, 2.24) is 9.29 Å². The minimum atomic E-state index is -3.52. The topological polar surface area (TPSA) is 51.1 Å². The standard InChI is InChI=1S/C21H24N2O2S/c1-3-18-9-11-21(12-10-18)26(24,25)22-15-20-8-5-13-23(20)16-19-7-4-6-17(2)14-19/h4-14,22H,3,15-16H2,1-2H3. The van der Waals surface area contributed by atoms with Crippen LogP contribution in [0.4, 0.5) is 0 Å². The van der Waals surface area contributed by atoms with Crippen molar-refractivity contribution in [3.8, 4) is 0 Å². The van der Waals surface area contributed by atoms with Crippen LogP contribution in [0, 0.1) is 6.92 Å². The van der Waals surface area contributed by atoms with Gasteiger partial charge in [-0.15, -0.1) is 0 Å². The van der Waals surface area contributed by atoms with Crippen molar-refractivity contribution in [1.29, 1.82) is 0 Å². The normalized spacial score (nSPS) is 11.6. The number of benzene rings is 2. The highest BCUT2D eigenvalue weighted by Crippen LogP contribution is 2.13. The zero-order valence-corrected chi connectivity index (χ0v) is 16.0. The van der Waals surface area contributed by atoms with Gasteiger partial charge in [-0.1, -0.05) is 48.9 Å². The highest BCUT2D eigenvalue weighted by atomic mass is 32.2. The molecule has 0 aliphatic rings. The minimum Gasteiger partial charge on any atom is -0.346 e. The smallest absolute Gasteiger partial charge is 0.240 e. The molecule has 26 heavy (non-hydrogen) atoms. The quantitative estimate of drug-likeness (QED) is 0.688. The molecule has 0 spiro atoms. The first kappa shape index (κ1) is 18.4. The molecule has 0 aliphatic heterocycles. The summed E-state index contributed by atoms with van der Waals surface area (Å²) in [7, 11) is -3.52. The lowest BCUT2D eigenvalue weighted by Gasteiger charge is -2.12. The summed E-state index contributed by atoms with van der Waals surface area (Å²) in [6.45, 7) is 5.09. The molecule has 5 heteroatoms. The second-order valence-electron chi connectivity index (χ2n) is 6.44. The van der Waals surface area contributed by atoms with Crippen LogP contribution in [0.15, 0.2) is 71.8 Å². The first-order chi connectivity index (χ1) is 12.5. The number of aromatic nitrogens is 1. The molecule has 0 amide bonds. The number of rotatable bonds is 7. The first-order valence-electron chi connectivity index (χ1n) is 8.76. The van der Waals surface area contributed by atoms with Gasteiger partial charge in [0.15, 0.2) is 0 Å². The van der Waals surface area contributed by atoms with Gasteiger partial charge < -0.3 is 4.57 Å². The number of nitrogens with zero attached hydrogens (tertiary/aromatic N) is 1. The van der Waals surface area contributed by atoms with E-state index in [0.29, 0.717) is 4.90 Å². The Morgan fingerprint density at radius 2 is 1.73 bits per heavy atom. The number of sulfonamides is 1. The van der Waals surface area contributed by atoms with E-state index in [0.717, 1.165) is 24.2 Å². The van der Waals surface area contributed by atoms with E-state index in [1.807, 2.05) is 43.5 Å². The summed E-state index contributed by atoms with van der Waals surface area (Å²) >= 11 is 0. The molecule has 3 rings (SSSR count). The SMILES string of the molecule is CCc1ccc(S(=O)(=O)NCc2cccn2Cc2cccc(C)c2)cc1. The summed E-state index contributed by atoms with van der Waals surface area (Å²) in [6, 6.07) is 19.2. The van der Waals surface area contributed by atoms with Crippen molar-refractivity contribution in [3.63, 3.8) is 0 Å². The third-order valence-corrected chi connectivity index (χ3v) is 5.86. The molecule has 1 heterocycles. The van der Waals surface area contributed by atoms with Crippen LogP contribution in [-0.4, -0.2) is 13.0 Å². The predicted molar refractivity (Wildman–Crippen MR) is 105 cm³/mol. The van der Waals surface area contributed by atoms with Crippen LogP contribution in [0.25, 0.3) is 0 Å². The molecule has 0 fully saturated rings. The molecule has 0 saturated heterocycles. The van der Waals surface area contributed by atoms with Gasteiger partial charge in [-0.05, 0) is 48.7 Å². The van der Waals surface area contributed by atoms with Crippen LogP contribution in [0.2, 0.25) is 0 Å². The van der Waals surface area contributed by atoms with Gasteiger partial charge in [0.1, 0.15) is 0 Å². The second-order valence-corrected chi connectivity index (χ2v) is 8.21. The fourth-order valence-electron chi connectivity index (χ4n) is 2.93. The van der Waals surface area contributed by atoms with E-state index in [1.165, 1.54) is 11.1 Å². The maximum absolute atomic E-state index is 12.5. The molecule has 0 atom stereocenters. The number of hydrogen-bond donors (Lipinski definition) is 1. The number of aryl methyl sites for hydroxylation is 2. The Morgan fingerprint density at radius 1 is 0.962 bits per heavy atom. The van der Waals surface area contributed by atoms with Crippen LogP contribution in [-0.2, 0) is 29.5 Å². The van der Waals surface area contributed by atoms with E-state index in [4.69, 9.17) is 0 Å². The van der Waals surface area contributed by atoms with Crippen LogP contribution in [0.3, 0.4) is 0 Å². The van der Waals surface area contributed by atoms with Gasteiger partial charge in [0, 0.05) is 18.4 Å². The first-order valence-corrected chi connectivity index (χ1v) is 10.2. The zero-order chi connectivity index (χ0) is 18.6. The second kappa shape index (κ2) is 7.89. The molecule has 1 N–H and O–H groups in total. The summed E-state index contributed by atoms with van der Waals surface area (Å²) < 4.78 is 29.8. The van der Waals surface area contributed by atoms with Crippen molar-refractivity contribution in [2.24, 2.45) is 0 Å². The molecule has 3 aromatic rings. The molecule has 4 nitrogen and oxygen atoms in total. The third-order valence-electron chi connectivity index (χ3n) is 4.44. The van der Waals surface area contributed by atoms with Gasteiger partial charge in [0.2, 0.25) is 10.0 Å². The molecule has 2 aromatic carbocycles. The van der Waals surface area contributed by atoms with E-state index in [1.54, 1.807) is 12.1 Å². The lowest BCUT2D eigenvalue weighted by atomic mass is 10.1. The van der Waals surface area contributed by atoms with Gasteiger partial charge in [-0.2, -0.15) is 0 Å². The van der Waals surface area contributed by atoms with E-state index >= 15 is 0 Å². The van der Waals surface area contributed by atoms with Crippen molar-refractivity contribution in [2.45, 2.75) is 38.3 Å². The van der Waals surface area contributed by atoms with Crippen molar-refractivity contribution < 1.29 is 8.42 Å². The van der Waals surface area contributed by atoms with Crippen molar-refractivity contribution in [3.05, 3.63) is 89.2 Å². The van der Waals surface area contributed by atoms with Crippen molar-refractivity contribution in [2.75, 3.05) is 0 Å². The van der Waals surface area contributed by atoms with Crippen LogP contribution in [0.5, 0.6) is 0 Å². The maximum atomic E-state index is 12.5. The molecule has 0 bridgehead atoms. The Morgan fingerprint density at radius 3 is 2.42 bits per heavy atom. The van der Waals surface area contributed by atoms with E-state index < -0.39 is 10.0 Å². The highest BCUT2D eigenvalue weighted by Gasteiger charge is 2.14. The molecule has 0 radical (unpaired) electrons. The van der Waals surface area contributed by atoms with Crippen molar-refractivity contribution >= 4 is 10.0 Å². The molecular formula is C21H24N2O2S. The summed E-state index contributed by atoms with van der Waals surface area (Å²) in [5.41, 5.74) is 4.46. The van der Waals surface area contributed by atoms with Crippen LogP contribution in [0.1, 0.15) is 29.3 Å². The van der Waals surface area contributed by atoms with Gasteiger partial charge in [0.25, 0.3) is 0 Å². The lowest BCUT2D eigenvalue weighted by molar-refractivity contribution is 0.578. The van der Waals surface area contributed by atoms with E-state index in [-0.39, 0.29) is 6.54 Å². The summed E-state index contributed by atoms with van der Waals surface area (Å²) in [5, 5.41) is 0. The number of nitrogens with one attached hydrogen (secondary N) is 1. The van der Waals surface area contributed by atoms with E-state index in [9.17, 15) is 8.42 Å². The monoisotopic (exact) mass is 368 g/mol. The summed E-state index contributed by atoms with van der Waals surface area (Å²) in [4.78, 5) is 0.298. The van der Waals surface area contributed by atoms with Crippen LogP contribution >= 0.6 is 0 Å². The Balaban J connectivity index is 1.70. The summed E-state index contributed by atoms with van der Waals surface area (Å²) in [6.07, 6.45) is 2.86. The van der Waals surface area contributed by atoms with E-state index in [2.05, 4.69) is 34.4 Å². The molecule has 0 saturated carbocycles. The Bertz CT molecular complexity index is 973. The zero-order valence-electron chi connectivity index (χ0n) is 15.1. The predicted octanol–water partition coefficient (Wildman–Crippen LogP) is 3.89. The van der Waals surface area contributed by atoms with Crippen LogP contribution < -0.4 is 4.72 Å². The average Bonchev–Trinajstić information content (AvgIpc) is 3.07. The average molecular weight is 369 g/mol. The maximum Gasteiger partial charge on any atom is 0.240 e. The van der Waals surface area contributed by atoms with Gasteiger partial charge >= 0.3 is 0 Å². The van der Waals surface area contributed by atoms with Gasteiger partial charge in [0.05, 0.1) is 11.4 Å². The fraction of sp³-hybridized carbons (Fsp3) is 0.238. The Hall–Kier alpha value is -2.37. The largest absolute Gasteiger partial charge is 0.346 e. The summed E-state index contributed by atoms with van der Waals surface area (Å²) in [5.74, 6) is 0. The fourth-order valence-corrected chi connectivity index (χ4v) is 3.93.